The summed E-state index contributed by atoms with van der Waals surface area (Å²) in [6.45, 7) is 3.13. The van der Waals surface area contributed by atoms with Crippen LogP contribution in [0.1, 0.15) is 5.56 Å². The van der Waals surface area contributed by atoms with Crippen LogP contribution in [0.5, 0.6) is 0 Å². The second-order valence-corrected chi connectivity index (χ2v) is 2.09. The topological polar surface area (TPSA) is 17.8 Å². The van der Waals surface area contributed by atoms with Crippen molar-refractivity contribution in [3.8, 4) is 0 Å². The van der Waals surface area contributed by atoms with Gasteiger partial charge < -0.3 is 0 Å². The summed E-state index contributed by atoms with van der Waals surface area (Å²) in [5, 5.41) is 3.69. The molecule has 0 amide bonds. The molecule has 0 saturated carbocycles. The van der Waals surface area contributed by atoms with E-state index in [-0.39, 0.29) is 6.54 Å². The third-order valence-corrected chi connectivity index (χ3v) is 1.21. The van der Waals surface area contributed by atoms with Gasteiger partial charge in [-0.1, -0.05) is 12.7 Å². The summed E-state index contributed by atoms with van der Waals surface area (Å²) < 4.78 is 24.7. The van der Waals surface area contributed by atoms with Crippen LogP contribution in [0.15, 0.2) is 19.0 Å². The fraction of sp³-hybridized carbons (Fsp3) is 0.286. The lowest BCUT2D eigenvalue weighted by Gasteiger charge is -1.96. The highest BCUT2D eigenvalue weighted by atomic mass is 19.3. The first kappa shape index (κ1) is 7.91. The van der Waals surface area contributed by atoms with E-state index < -0.39 is 6.43 Å². The molecule has 4 heteroatoms. The maximum absolute atomic E-state index is 11.7. The maximum atomic E-state index is 11.7. The number of hydrogen-bond acceptors (Lipinski definition) is 1. The van der Waals surface area contributed by atoms with Crippen molar-refractivity contribution in [3.63, 3.8) is 0 Å². The molecule has 0 aliphatic rings. The zero-order valence-electron chi connectivity index (χ0n) is 5.87. The van der Waals surface area contributed by atoms with Crippen LogP contribution in [0.25, 0.3) is 6.08 Å². The summed E-state index contributed by atoms with van der Waals surface area (Å²) in [5.41, 5.74) is 0.755. The van der Waals surface area contributed by atoms with Crippen LogP contribution < -0.4 is 0 Å². The highest BCUT2D eigenvalue weighted by Gasteiger charge is 2.03. The summed E-state index contributed by atoms with van der Waals surface area (Å²) in [6.07, 6.45) is 2.23. The van der Waals surface area contributed by atoms with Gasteiger partial charge in [-0.3, -0.25) is 4.68 Å². The van der Waals surface area contributed by atoms with Crippen LogP contribution in [-0.4, -0.2) is 16.2 Å². The predicted molar refractivity (Wildman–Crippen MR) is 38.3 cm³/mol. The summed E-state index contributed by atoms with van der Waals surface area (Å²) >= 11 is 0. The molecule has 0 N–H and O–H groups in total. The average Bonchev–Trinajstić information content (AvgIpc) is 2.34. The lowest BCUT2D eigenvalue weighted by molar-refractivity contribution is 0.122. The summed E-state index contributed by atoms with van der Waals surface area (Å²) in [7, 11) is 0. The normalized spacial score (nSPS) is 10.5. The van der Waals surface area contributed by atoms with E-state index in [4.69, 9.17) is 0 Å². The fourth-order valence-electron chi connectivity index (χ4n) is 0.726. The first-order chi connectivity index (χ1) is 5.22. The van der Waals surface area contributed by atoms with Gasteiger partial charge in [-0.2, -0.15) is 5.10 Å². The van der Waals surface area contributed by atoms with Gasteiger partial charge in [0.15, 0.2) is 0 Å². The van der Waals surface area contributed by atoms with Gasteiger partial charge in [-0.05, 0) is 0 Å². The van der Waals surface area contributed by atoms with Crippen molar-refractivity contribution in [2.75, 3.05) is 0 Å². The summed E-state index contributed by atoms with van der Waals surface area (Å²) in [6, 6.07) is 0. The van der Waals surface area contributed by atoms with E-state index in [9.17, 15) is 8.78 Å². The molecule has 1 aromatic heterocycles. The van der Waals surface area contributed by atoms with E-state index in [0.29, 0.717) is 0 Å². The summed E-state index contributed by atoms with van der Waals surface area (Å²) in [4.78, 5) is 0. The van der Waals surface area contributed by atoms with E-state index in [1.54, 1.807) is 6.08 Å². The molecule has 11 heavy (non-hydrogen) atoms. The van der Waals surface area contributed by atoms with Crippen molar-refractivity contribution in [2.24, 2.45) is 0 Å². The quantitative estimate of drug-likeness (QED) is 0.655. The minimum atomic E-state index is -2.35. The SMILES string of the molecule is C=Cc1cnn(CC(F)F)c1. The van der Waals surface area contributed by atoms with Crippen molar-refractivity contribution >= 4 is 6.08 Å². The van der Waals surface area contributed by atoms with Gasteiger partial charge in [-0.15, -0.1) is 0 Å². The predicted octanol–water partition coefficient (Wildman–Crippen LogP) is 1.79. The van der Waals surface area contributed by atoms with E-state index in [1.807, 2.05) is 0 Å². The molecule has 1 rings (SSSR count). The van der Waals surface area contributed by atoms with Gasteiger partial charge in [0.25, 0.3) is 6.43 Å². The molecule has 0 aromatic carbocycles. The highest BCUT2D eigenvalue weighted by Crippen LogP contribution is 2.01. The van der Waals surface area contributed by atoms with Gasteiger partial charge in [0.05, 0.1) is 6.20 Å². The Bertz CT molecular complexity index is 242. The standard InChI is InChI=1S/C7H8F2N2/c1-2-6-3-10-11(4-6)5-7(8)9/h2-4,7H,1,5H2. The molecule has 2 nitrogen and oxygen atoms in total. The third kappa shape index (κ3) is 2.14. The molecular formula is C7H8F2N2. The number of halogens is 2. The average molecular weight is 158 g/mol. The van der Waals surface area contributed by atoms with E-state index in [2.05, 4.69) is 11.7 Å². The number of aromatic nitrogens is 2. The molecule has 0 bridgehead atoms. The number of alkyl halides is 2. The smallest absolute Gasteiger partial charge is 0.257 e. The van der Waals surface area contributed by atoms with Crippen LogP contribution in [-0.2, 0) is 6.54 Å². The Morgan fingerprint density at radius 3 is 2.91 bits per heavy atom. The van der Waals surface area contributed by atoms with Crippen molar-refractivity contribution in [1.82, 2.24) is 9.78 Å². The third-order valence-electron chi connectivity index (χ3n) is 1.21. The molecule has 1 heterocycles. The minimum absolute atomic E-state index is 0.353. The Labute approximate surface area is 63.1 Å². The Morgan fingerprint density at radius 2 is 2.45 bits per heavy atom. The van der Waals surface area contributed by atoms with Gasteiger partial charge in [-0.25, -0.2) is 8.78 Å². The molecule has 1 aromatic rings. The molecule has 0 aliphatic heterocycles. The Morgan fingerprint density at radius 1 is 1.73 bits per heavy atom. The van der Waals surface area contributed by atoms with Gasteiger partial charge in [0.2, 0.25) is 0 Å². The number of nitrogens with zero attached hydrogens (tertiary/aromatic N) is 2. The van der Waals surface area contributed by atoms with E-state index in [1.165, 1.54) is 17.1 Å². The molecule has 0 saturated heterocycles. The van der Waals surface area contributed by atoms with Gasteiger partial charge in [0.1, 0.15) is 6.54 Å². The minimum Gasteiger partial charge on any atom is -0.266 e. The van der Waals surface area contributed by atoms with Crippen molar-refractivity contribution < 1.29 is 8.78 Å². The van der Waals surface area contributed by atoms with Crippen molar-refractivity contribution in [1.29, 1.82) is 0 Å². The second-order valence-electron chi connectivity index (χ2n) is 2.09. The monoisotopic (exact) mass is 158 g/mol. The first-order valence-electron chi connectivity index (χ1n) is 3.15. The molecule has 0 atom stereocenters. The molecule has 0 radical (unpaired) electrons. The molecule has 60 valence electrons. The van der Waals surface area contributed by atoms with Gasteiger partial charge >= 0.3 is 0 Å². The first-order valence-corrected chi connectivity index (χ1v) is 3.15. The van der Waals surface area contributed by atoms with Crippen LogP contribution >= 0.6 is 0 Å². The zero-order chi connectivity index (χ0) is 8.27. The molecule has 0 fully saturated rings. The zero-order valence-corrected chi connectivity index (χ0v) is 5.87. The van der Waals surface area contributed by atoms with Crippen molar-refractivity contribution in [2.45, 2.75) is 13.0 Å². The fourth-order valence-corrected chi connectivity index (χ4v) is 0.726. The summed E-state index contributed by atoms with van der Waals surface area (Å²) in [5.74, 6) is 0. The lowest BCUT2D eigenvalue weighted by Crippen LogP contribution is -2.06. The van der Waals surface area contributed by atoms with Gasteiger partial charge in [0, 0.05) is 11.8 Å². The molecule has 0 aliphatic carbocycles. The largest absolute Gasteiger partial charge is 0.266 e. The van der Waals surface area contributed by atoms with Crippen LogP contribution in [0.3, 0.4) is 0 Å². The maximum Gasteiger partial charge on any atom is 0.257 e. The van der Waals surface area contributed by atoms with E-state index >= 15 is 0 Å². The number of rotatable bonds is 3. The molecular weight excluding hydrogens is 150 g/mol. The molecule has 0 spiro atoms. The lowest BCUT2D eigenvalue weighted by atomic mass is 10.4. The highest BCUT2D eigenvalue weighted by molar-refractivity contribution is 5.43. The van der Waals surface area contributed by atoms with E-state index in [0.717, 1.165) is 5.56 Å². The van der Waals surface area contributed by atoms with Crippen LogP contribution in [0, 0.1) is 0 Å². The number of hydrogen-bond donors (Lipinski definition) is 0. The Hall–Kier alpha value is -1.19. The Balaban J connectivity index is 2.65. The van der Waals surface area contributed by atoms with Crippen LogP contribution in [0.2, 0.25) is 0 Å². The van der Waals surface area contributed by atoms with Crippen molar-refractivity contribution in [3.05, 3.63) is 24.5 Å². The molecule has 0 unspecified atom stereocenters. The van der Waals surface area contributed by atoms with Crippen LogP contribution in [0.4, 0.5) is 8.78 Å². The Kier molecular flexibility index (Phi) is 2.36. The second kappa shape index (κ2) is 3.27.